The van der Waals surface area contributed by atoms with Crippen LogP contribution >= 0.6 is 0 Å². The molecule has 0 radical (unpaired) electrons. The predicted octanol–water partition coefficient (Wildman–Crippen LogP) is 9.57. The molecular formula is C31H59NO2. The Bertz CT molecular complexity index is 484. The molecule has 1 unspecified atom stereocenters. The van der Waals surface area contributed by atoms with Crippen LogP contribution in [0.5, 0.6) is 0 Å². The first kappa shape index (κ1) is 32.9. The topological polar surface area (TPSA) is 40.5 Å². The zero-order chi connectivity index (χ0) is 25.1. The minimum atomic E-state index is -0.655. The monoisotopic (exact) mass is 477 g/mol. The number of allylic oxidation sites excluding steroid dienone is 4. The molecule has 0 aromatic carbocycles. The Balaban J connectivity index is 3.64. The molecule has 0 heterocycles. The minimum absolute atomic E-state index is 0.331. The molecule has 200 valence electrons. The van der Waals surface area contributed by atoms with Crippen molar-refractivity contribution in [1.82, 2.24) is 4.90 Å². The van der Waals surface area contributed by atoms with Gasteiger partial charge in [-0.05, 0) is 71.5 Å². The number of carboxylic acid groups (broad SMARTS) is 1. The molecule has 0 spiro atoms. The fraction of sp³-hybridized carbons (Fsp3) is 0.839. The summed E-state index contributed by atoms with van der Waals surface area (Å²) in [6.45, 7) is 3.45. The Labute approximate surface area is 213 Å². The Morgan fingerprint density at radius 3 is 1.71 bits per heavy atom. The lowest BCUT2D eigenvalue weighted by atomic mass is 9.91. The van der Waals surface area contributed by atoms with Crippen LogP contribution in [0.15, 0.2) is 24.3 Å². The quantitative estimate of drug-likeness (QED) is 0.0995. The summed E-state index contributed by atoms with van der Waals surface area (Å²) in [6.07, 6.45) is 35.4. The minimum Gasteiger partial charge on any atom is -0.481 e. The number of unbranched alkanes of at least 4 members (excludes halogenated alkanes) is 13. The van der Waals surface area contributed by atoms with Crippen molar-refractivity contribution >= 4 is 5.97 Å². The van der Waals surface area contributed by atoms with Crippen LogP contribution in [0.4, 0.5) is 0 Å². The smallest absolute Gasteiger partial charge is 0.303 e. The molecule has 0 aromatic heterocycles. The predicted molar refractivity (Wildman–Crippen MR) is 151 cm³/mol. The Kier molecular flexibility index (Phi) is 25.7. The van der Waals surface area contributed by atoms with Crippen LogP contribution in [-0.4, -0.2) is 36.6 Å². The number of rotatable bonds is 26. The summed E-state index contributed by atoms with van der Waals surface area (Å²) >= 11 is 0. The lowest BCUT2D eigenvalue weighted by Crippen LogP contribution is -2.17. The maximum absolute atomic E-state index is 10.6. The maximum Gasteiger partial charge on any atom is 0.303 e. The number of carboxylic acids is 1. The molecule has 1 atom stereocenters. The molecule has 0 aromatic rings. The van der Waals surface area contributed by atoms with Crippen molar-refractivity contribution in [2.45, 2.75) is 142 Å². The Morgan fingerprint density at radius 1 is 0.676 bits per heavy atom. The second kappa shape index (κ2) is 26.5. The number of nitrogens with zero attached hydrogens (tertiary/aromatic N) is 1. The molecule has 0 saturated carbocycles. The second-order valence-corrected chi connectivity index (χ2v) is 10.5. The van der Waals surface area contributed by atoms with E-state index in [2.05, 4.69) is 50.2 Å². The highest BCUT2D eigenvalue weighted by Gasteiger charge is 2.09. The maximum atomic E-state index is 10.6. The first-order chi connectivity index (χ1) is 16.6. The third-order valence-electron chi connectivity index (χ3n) is 6.80. The average molecular weight is 478 g/mol. The van der Waals surface area contributed by atoms with Crippen molar-refractivity contribution in [1.29, 1.82) is 0 Å². The van der Waals surface area contributed by atoms with Crippen LogP contribution in [0.25, 0.3) is 0 Å². The van der Waals surface area contributed by atoms with Gasteiger partial charge in [-0.15, -0.1) is 0 Å². The van der Waals surface area contributed by atoms with E-state index < -0.39 is 5.97 Å². The molecule has 0 aliphatic rings. The Morgan fingerprint density at radius 2 is 1.18 bits per heavy atom. The van der Waals surface area contributed by atoms with Gasteiger partial charge in [0.15, 0.2) is 0 Å². The molecule has 0 amide bonds. The molecular weight excluding hydrogens is 418 g/mol. The number of hydrogen-bond acceptors (Lipinski definition) is 2. The van der Waals surface area contributed by atoms with E-state index in [4.69, 9.17) is 5.11 Å². The van der Waals surface area contributed by atoms with Crippen molar-refractivity contribution in [3.63, 3.8) is 0 Å². The Hall–Kier alpha value is -1.09. The molecule has 1 N–H and O–H groups in total. The van der Waals surface area contributed by atoms with Gasteiger partial charge in [0.05, 0.1) is 0 Å². The summed E-state index contributed by atoms with van der Waals surface area (Å²) in [5, 5.41) is 8.75. The zero-order valence-corrected chi connectivity index (χ0v) is 23.2. The highest BCUT2D eigenvalue weighted by atomic mass is 16.4. The van der Waals surface area contributed by atoms with E-state index in [0.29, 0.717) is 6.42 Å². The zero-order valence-electron chi connectivity index (χ0n) is 23.2. The number of hydrogen-bond donors (Lipinski definition) is 1. The summed E-state index contributed by atoms with van der Waals surface area (Å²) in [5.74, 6) is 0.192. The molecule has 0 aliphatic heterocycles. The third-order valence-corrected chi connectivity index (χ3v) is 6.80. The van der Waals surface area contributed by atoms with E-state index in [1.54, 1.807) is 0 Å². The van der Waals surface area contributed by atoms with Crippen molar-refractivity contribution in [3.05, 3.63) is 24.3 Å². The van der Waals surface area contributed by atoms with Gasteiger partial charge < -0.3 is 10.0 Å². The third kappa shape index (κ3) is 27.2. The normalized spacial score (nSPS) is 12.9. The van der Waals surface area contributed by atoms with Gasteiger partial charge in [-0.2, -0.15) is 0 Å². The molecule has 0 fully saturated rings. The van der Waals surface area contributed by atoms with E-state index in [1.807, 2.05) is 0 Å². The highest BCUT2D eigenvalue weighted by Crippen LogP contribution is 2.22. The van der Waals surface area contributed by atoms with Gasteiger partial charge in [-0.25, -0.2) is 0 Å². The molecule has 34 heavy (non-hydrogen) atoms. The summed E-state index contributed by atoms with van der Waals surface area (Å²) in [6, 6.07) is 0. The van der Waals surface area contributed by atoms with Crippen LogP contribution in [0, 0.1) is 5.92 Å². The van der Waals surface area contributed by atoms with E-state index in [-0.39, 0.29) is 0 Å². The fourth-order valence-corrected chi connectivity index (χ4v) is 4.53. The van der Waals surface area contributed by atoms with Crippen LogP contribution in [0.1, 0.15) is 142 Å². The van der Waals surface area contributed by atoms with Gasteiger partial charge in [0.1, 0.15) is 0 Å². The van der Waals surface area contributed by atoms with Crippen molar-refractivity contribution in [3.8, 4) is 0 Å². The van der Waals surface area contributed by atoms with Gasteiger partial charge in [0.2, 0.25) is 0 Å². The first-order valence-corrected chi connectivity index (χ1v) is 14.7. The van der Waals surface area contributed by atoms with Crippen molar-refractivity contribution < 1.29 is 9.90 Å². The lowest BCUT2D eigenvalue weighted by molar-refractivity contribution is -0.137. The summed E-state index contributed by atoms with van der Waals surface area (Å²) in [4.78, 5) is 12.9. The molecule has 0 aliphatic carbocycles. The van der Waals surface area contributed by atoms with E-state index in [9.17, 15) is 4.79 Å². The number of carbonyl (C=O) groups is 1. The molecule has 3 heteroatoms. The van der Waals surface area contributed by atoms with Gasteiger partial charge in [-0.1, -0.05) is 115 Å². The lowest BCUT2D eigenvalue weighted by Gasteiger charge is -2.19. The molecule has 0 rings (SSSR count). The van der Waals surface area contributed by atoms with Gasteiger partial charge in [0, 0.05) is 6.42 Å². The van der Waals surface area contributed by atoms with Crippen molar-refractivity contribution in [2.24, 2.45) is 5.92 Å². The van der Waals surface area contributed by atoms with Crippen LogP contribution in [0.3, 0.4) is 0 Å². The first-order valence-electron chi connectivity index (χ1n) is 14.7. The average Bonchev–Trinajstić information content (AvgIpc) is 2.80. The van der Waals surface area contributed by atoms with Gasteiger partial charge >= 0.3 is 5.97 Å². The largest absolute Gasteiger partial charge is 0.481 e. The van der Waals surface area contributed by atoms with Crippen LogP contribution in [-0.2, 0) is 4.79 Å². The highest BCUT2D eigenvalue weighted by molar-refractivity contribution is 5.66. The van der Waals surface area contributed by atoms with E-state index in [0.717, 1.165) is 25.2 Å². The standard InChI is InChI=1S/C31H59NO2/c1-4-5-6-7-8-9-10-11-12-13-14-15-16-17-18-19-22-25-30(28-29-32(2)3)26-23-20-21-24-27-31(33)34/h8-9,11-12,30H,4-7,10,13-29H2,1-3H3,(H,33,34). The van der Waals surface area contributed by atoms with Crippen LogP contribution < -0.4 is 0 Å². The summed E-state index contributed by atoms with van der Waals surface area (Å²) in [5.41, 5.74) is 0. The molecule has 3 nitrogen and oxygen atoms in total. The van der Waals surface area contributed by atoms with Crippen LogP contribution in [0.2, 0.25) is 0 Å². The van der Waals surface area contributed by atoms with Gasteiger partial charge in [0.25, 0.3) is 0 Å². The van der Waals surface area contributed by atoms with E-state index >= 15 is 0 Å². The van der Waals surface area contributed by atoms with Gasteiger partial charge in [-0.3, -0.25) is 4.79 Å². The fourth-order valence-electron chi connectivity index (χ4n) is 4.53. The van der Waals surface area contributed by atoms with E-state index in [1.165, 1.54) is 116 Å². The second-order valence-electron chi connectivity index (χ2n) is 10.5. The summed E-state index contributed by atoms with van der Waals surface area (Å²) < 4.78 is 0. The summed E-state index contributed by atoms with van der Waals surface area (Å²) in [7, 11) is 4.34. The molecule has 0 bridgehead atoms. The number of aliphatic carboxylic acids is 1. The molecule has 0 saturated heterocycles. The van der Waals surface area contributed by atoms with Crippen molar-refractivity contribution in [2.75, 3.05) is 20.6 Å². The SMILES string of the molecule is CCCCCC=CCC=CCCCCCCCCCC(CCCCCCC(=O)O)CCN(C)C.